The lowest BCUT2D eigenvalue weighted by Gasteiger charge is -2.31. The highest BCUT2D eigenvalue weighted by molar-refractivity contribution is 9.10. The summed E-state index contributed by atoms with van der Waals surface area (Å²) in [5, 5.41) is 10.6. The molecule has 2 atom stereocenters. The number of aliphatic hydroxyl groups is 1. The molecule has 0 aromatic heterocycles. The van der Waals surface area contributed by atoms with Gasteiger partial charge in [0.25, 0.3) is 0 Å². The number of aliphatic hydroxyl groups excluding tert-OH is 1. The molecule has 2 nitrogen and oxygen atoms in total. The summed E-state index contributed by atoms with van der Waals surface area (Å²) in [6, 6.07) is 5.84. The maximum Gasteiger partial charge on any atom is 0.133 e. The minimum atomic E-state index is -0.385. The topological polar surface area (TPSA) is 29.5 Å². The van der Waals surface area contributed by atoms with Gasteiger partial charge < -0.3 is 9.84 Å². The molecule has 2 rings (SSSR count). The van der Waals surface area contributed by atoms with Crippen LogP contribution in [0.4, 0.5) is 0 Å². The number of benzene rings is 1. The molecule has 0 aliphatic heterocycles. The van der Waals surface area contributed by atoms with Crippen molar-refractivity contribution in [3.05, 3.63) is 28.2 Å². The first-order valence-corrected chi connectivity index (χ1v) is 7.26. The normalized spacial score (nSPS) is 23.9. The molecule has 0 bridgehead atoms. The van der Waals surface area contributed by atoms with Crippen LogP contribution in [0.3, 0.4) is 0 Å². The average molecular weight is 313 g/mol. The van der Waals surface area contributed by atoms with Crippen LogP contribution in [0.2, 0.25) is 0 Å². The van der Waals surface area contributed by atoms with Crippen molar-refractivity contribution in [2.24, 2.45) is 11.3 Å². The molecule has 0 spiro atoms. The smallest absolute Gasteiger partial charge is 0.133 e. The van der Waals surface area contributed by atoms with Crippen LogP contribution in [0.25, 0.3) is 0 Å². The summed E-state index contributed by atoms with van der Waals surface area (Å²) >= 11 is 3.48. The molecule has 0 amide bonds. The fraction of sp³-hybridized carbons (Fsp3) is 0.600. The van der Waals surface area contributed by atoms with Crippen LogP contribution < -0.4 is 4.74 Å². The Balaban J connectivity index is 2.23. The van der Waals surface area contributed by atoms with E-state index in [9.17, 15) is 5.11 Å². The van der Waals surface area contributed by atoms with Gasteiger partial charge in [-0.1, -0.05) is 26.3 Å². The van der Waals surface area contributed by atoms with Gasteiger partial charge in [-0.05, 0) is 57.8 Å². The van der Waals surface area contributed by atoms with Gasteiger partial charge in [-0.3, -0.25) is 0 Å². The Kier molecular flexibility index (Phi) is 4.02. The van der Waals surface area contributed by atoms with Crippen LogP contribution in [0.15, 0.2) is 22.7 Å². The lowest BCUT2D eigenvalue weighted by Crippen LogP contribution is -2.24. The highest BCUT2D eigenvalue weighted by Gasteiger charge is 2.39. The second-order valence-corrected chi connectivity index (χ2v) is 6.68. The second kappa shape index (κ2) is 5.22. The molecule has 1 aromatic carbocycles. The molecular formula is C15H21BrO2. The Hall–Kier alpha value is -0.540. The van der Waals surface area contributed by atoms with Crippen molar-refractivity contribution in [3.63, 3.8) is 0 Å². The van der Waals surface area contributed by atoms with Crippen molar-refractivity contribution < 1.29 is 9.84 Å². The van der Waals surface area contributed by atoms with Crippen molar-refractivity contribution in [3.8, 4) is 5.75 Å². The Labute approximate surface area is 117 Å². The molecular weight excluding hydrogens is 292 g/mol. The van der Waals surface area contributed by atoms with E-state index in [0.29, 0.717) is 5.92 Å². The number of ether oxygens (including phenoxy) is 1. The van der Waals surface area contributed by atoms with Crippen molar-refractivity contribution in [2.75, 3.05) is 7.11 Å². The zero-order valence-corrected chi connectivity index (χ0v) is 12.8. The zero-order chi connectivity index (χ0) is 13.3. The summed E-state index contributed by atoms with van der Waals surface area (Å²) in [5.74, 6) is 1.15. The van der Waals surface area contributed by atoms with Gasteiger partial charge in [-0.2, -0.15) is 0 Å². The van der Waals surface area contributed by atoms with E-state index in [2.05, 4.69) is 29.8 Å². The molecule has 1 saturated carbocycles. The van der Waals surface area contributed by atoms with Gasteiger partial charge >= 0.3 is 0 Å². The maximum atomic E-state index is 10.6. The molecule has 3 heteroatoms. The Morgan fingerprint density at radius 3 is 2.67 bits per heavy atom. The summed E-state index contributed by atoms with van der Waals surface area (Å²) in [4.78, 5) is 0. The first kappa shape index (κ1) is 13.9. The third kappa shape index (κ3) is 2.57. The molecule has 0 radical (unpaired) electrons. The molecule has 0 heterocycles. The zero-order valence-electron chi connectivity index (χ0n) is 11.2. The SMILES string of the molecule is COc1ccc(C(O)C2CCCC2(C)C)cc1Br. The molecule has 100 valence electrons. The largest absolute Gasteiger partial charge is 0.496 e. The fourth-order valence-corrected chi connectivity index (χ4v) is 3.60. The van der Waals surface area contributed by atoms with E-state index in [1.165, 1.54) is 12.8 Å². The van der Waals surface area contributed by atoms with Gasteiger partial charge in [0.1, 0.15) is 5.75 Å². The summed E-state index contributed by atoms with van der Waals surface area (Å²) in [6.45, 7) is 4.51. The highest BCUT2D eigenvalue weighted by Crippen LogP contribution is 2.49. The monoisotopic (exact) mass is 312 g/mol. The van der Waals surface area contributed by atoms with Gasteiger partial charge in [0.05, 0.1) is 17.7 Å². The number of halogens is 1. The molecule has 1 N–H and O–H groups in total. The summed E-state index contributed by atoms with van der Waals surface area (Å²) in [7, 11) is 1.65. The molecule has 1 fully saturated rings. The van der Waals surface area contributed by atoms with Crippen LogP contribution in [-0.4, -0.2) is 12.2 Å². The standard InChI is InChI=1S/C15H21BrO2/c1-15(2)8-4-5-11(15)14(17)10-6-7-13(18-3)12(16)9-10/h6-7,9,11,14,17H,4-5,8H2,1-3H3. The Morgan fingerprint density at radius 1 is 1.44 bits per heavy atom. The van der Waals surface area contributed by atoms with Crippen LogP contribution in [0.1, 0.15) is 44.8 Å². The van der Waals surface area contributed by atoms with E-state index in [0.717, 1.165) is 22.2 Å². The molecule has 1 aliphatic rings. The van der Waals surface area contributed by atoms with Crippen LogP contribution in [0.5, 0.6) is 5.75 Å². The number of hydrogen-bond donors (Lipinski definition) is 1. The van der Waals surface area contributed by atoms with E-state index in [4.69, 9.17) is 4.74 Å². The Bertz CT molecular complexity index is 429. The van der Waals surface area contributed by atoms with Crippen molar-refractivity contribution in [1.82, 2.24) is 0 Å². The molecule has 0 saturated heterocycles. The lowest BCUT2D eigenvalue weighted by molar-refractivity contribution is 0.0531. The summed E-state index contributed by atoms with van der Waals surface area (Å²) in [5.41, 5.74) is 1.20. The van der Waals surface area contributed by atoms with Crippen molar-refractivity contribution in [1.29, 1.82) is 0 Å². The molecule has 18 heavy (non-hydrogen) atoms. The van der Waals surface area contributed by atoms with Crippen LogP contribution >= 0.6 is 15.9 Å². The van der Waals surface area contributed by atoms with Gasteiger partial charge in [-0.15, -0.1) is 0 Å². The van der Waals surface area contributed by atoms with E-state index < -0.39 is 0 Å². The minimum Gasteiger partial charge on any atom is -0.496 e. The van der Waals surface area contributed by atoms with Crippen LogP contribution in [-0.2, 0) is 0 Å². The highest BCUT2D eigenvalue weighted by atomic mass is 79.9. The quantitative estimate of drug-likeness (QED) is 0.900. The third-order valence-corrected chi connectivity index (χ3v) is 4.86. The number of hydrogen-bond acceptors (Lipinski definition) is 2. The van der Waals surface area contributed by atoms with Gasteiger partial charge in [-0.25, -0.2) is 0 Å². The lowest BCUT2D eigenvalue weighted by atomic mass is 9.77. The van der Waals surface area contributed by atoms with E-state index in [-0.39, 0.29) is 11.5 Å². The fourth-order valence-electron chi connectivity index (χ4n) is 3.04. The molecule has 2 unspecified atom stereocenters. The second-order valence-electron chi connectivity index (χ2n) is 5.83. The summed E-state index contributed by atoms with van der Waals surface area (Å²) in [6.07, 6.45) is 3.14. The van der Waals surface area contributed by atoms with Crippen molar-refractivity contribution >= 4 is 15.9 Å². The number of rotatable bonds is 3. The predicted molar refractivity (Wildman–Crippen MR) is 76.8 cm³/mol. The first-order chi connectivity index (χ1) is 8.45. The molecule has 1 aliphatic carbocycles. The summed E-state index contributed by atoms with van der Waals surface area (Å²) < 4.78 is 6.12. The third-order valence-electron chi connectivity index (χ3n) is 4.24. The van der Waals surface area contributed by atoms with E-state index in [1.54, 1.807) is 7.11 Å². The minimum absolute atomic E-state index is 0.228. The van der Waals surface area contributed by atoms with Crippen LogP contribution in [0, 0.1) is 11.3 Å². The van der Waals surface area contributed by atoms with Gasteiger partial charge in [0.15, 0.2) is 0 Å². The molecule has 1 aromatic rings. The van der Waals surface area contributed by atoms with E-state index >= 15 is 0 Å². The average Bonchev–Trinajstić information content (AvgIpc) is 2.68. The van der Waals surface area contributed by atoms with E-state index in [1.807, 2.05) is 18.2 Å². The van der Waals surface area contributed by atoms with Crippen molar-refractivity contribution in [2.45, 2.75) is 39.2 Å². The predicted octanol–water partition coefficient (Wildman–Crippen LogP) is 4.32. The Morgan fingerprint density at radius 2 is 2.17 bits per heavy atom. The number of methoxy groups -OCH3 is 1. The van der Waals surface area contributed by atoms with Gasteiger partial charge in [0, 0.05) is 0 Å². The maximum absolute atomic E-state index is 10.6. The van der Waals surface area contributed by atoms with Gasteiger partial charge in [0.2, 0.25) is 0 Å². The first-order valence-electron chi connectivity index (χ1n) is 6.47.